The van der Waals surface area contributed by atoms with Gasteiger partial charge in [-0.1, -0.05) is 11.6 Å². The summed E-state index contributed by atoms with van der Waals surface area (Å²) in [4.78, 5) is 2.48. The molecule has 2 aromatic rings. The predicted molar refractivity (Wildman–Crippen MR) is 103 cm³/mol. The van der Waals surface area contributed by atoms with Gasteiger partial charge in [-0.25, -0.2) is 0 Å². The van der Waals surface area contributed by atoms with E-state index in [1.807, 2.05) is 25.1 Å². The van der Waals surface area contributed by atoms with Crippen LogP contribution in [0, 0.1) is 0 Å². The molecule has 6 heteroatoms. The molecule has 3 rings (SSSR count). The van der Waals surface area contributed by atoms with E-state index in [0.29, 0.717) is 29.7 Å². The Bertz CT molecular complexity index is 685. The Labute approximate surface area is 160 Å². The van der Waals surface area contributed by atoms with Crippen molar-refractivity contribution in [3.05, 3.63) is 46.9 Å². The van der Waals surface area contributed by atoms with Gasteiger partial charge < -0.3 is 19.2 Å². The number of hydrogen-bond acceptors (Lipinski definition) is 5. The number of methoxy groups -OCH3 is 1. The van der Waals surface area contributed by atoms with E-state index in [1.165, 1.54) is 12.8 Å². The van der Waals surface area contributed by atoms with Crippen molar-refractivity contribution in [2.24, 2.45) is 0 Å². The summed E-state index contributed by atoms with van der Waals surface area (Å²) in [5, 5.41) is 4.11. The summed E-state index contributed by atoms with van der Waals surface area (Å²) in [5.41, 5.74) is 1.06. The molecule has 0 amide bonds. The van der Waals surface area contributed by atoms with Gasteiger partial charge in [-0.2, -0.15) is 0 Å². The maximum Gasteiger partial charge on any atom is 0.179 e. The number of likely N-dealkylation sites (tertiary alicyclic amines) is 1. The molecule has 5 nitrogen and oxygen atoms in total. The second-order valence-electron chi connectivity index (χ2n) is 6.45. The Morgan fingerprint density at radius 3 is 2.77 bits per heavy atom. The molecule has 26 heavy (non-hydrogen) atoms. The molecule has 0 bridgehead atoms. The van der Waals surface area contributed by atoms with E-state index < -0.39 is 0 Å². The average Bonchev–Trinajstić information content (AvgIpc) is 3.35. The molecular weight excluding hydrogens is 352 g/mol. The highest BCUT2D eigenvalue weighted by atomic mass is 35.5. The minimum atomic E-state index is 0.257. The van der Waals surface area contributed by atoms with Crippen molar-refractivity contribution in [2.75, 3.05) is 33.4 Å². The maximum atomic E-state index is 6.36. The minimum absolute atomic E-state index is 0.257. The third-order valence-electron chi connectivity index (χ3n) is 4.70. The van der Waals surface area contributed by atoms with Crippen LogP contribution in [0.25, 0.3) is 0 Å². The van der Waals surface area contributed by atoms with Crippen molar-refractivity contribution < 1.29 is 13.9 Å². The number of nitrogens with one attached hydrogen (secondary N) is 1. The van der Waals surface area contributed by atoms with Gasteiger partial charge in [0.15, 0.2) is 11.5 Å². The normalized spacial score (nSPS) is 16.0. The molecule has 1 aromatic heterocycles. The second-order valence-corrected chi connectivity index (χ2v) is 6.85. The molecule has 0 radical (unpaired) electrons. The number of rotatable bonds is 9. The molecule has 1 aromatic carbocycles. The lowest BCUT2D eigenvalue weighted by atomic mass is 10.1. The van der Waals surface area contributed by atoms with Crippen molar-refractivity contribution in [2.45, 2.75) is 32.4 Å². The fraction of sp³-hybridized carbons (Fsp3) is 0.500. The maximum absolute atomic E-state index is 6.36. The van der Waals surface area contributed by atoms with Gasteiger partial charge in [-0.3, -0.25) is 4.90 Å². The first-order chi connectivity index (χ1) is 12.7. The third kappa shape index (κ3) is 4.53. The zero-order valence-electron chi connectivity index (χ0n) is 15.5. The van der Waals surface area contributed by atoms with Gasteiger partial charge in [-0.15, -0.1) is 0 Å². The van der Waals surface area contributed by atoms with Crippen LogP contribution in [0.2, 0.25) is 5.02 Å². The van der Waals surface area contributed by atoms with E-state index in [9.17, 15) is 0 Å². The van der Waals surface area contributed by atoms with Crippen LogP contribution in [-0.4, -0.2) is 38.3 Å². The van der Waals surface area contributed by atoms with E-state index in [1.54, 1.807) is 13.4 Å². The molecule has 1 atom stereocenters. The largest absolute Gasteiger partial charge is 0.493 e. The van der Waals surface area contributed by atoms with Crippen molar-refractivity contribution >= 4 is 11.6 Å². The number of ether oxygens (including phenoxy) is 2. The quantitative estimate of drug-likeness (QED) is 0.706. The lowest BCUT2D eigenvalue weighted by Crippen LogP contribution is -2.33. The van der Waals surface area contributed by atoms with Crippen LogP contribution >= 0.6 is 11.6 Å². The van der Waals surface area contributed by atoms with E-state index in [0.717, 1.165) is 31.0 Å². The number of halogens is 1. The first-order valence-corrected chi connectivity index (χ1v) is 9.58. The molecule has 0 aliphatic carbocycles. The highest BCUT2D eigenvalue weighted by Crippen LogP contribution is 2.36. The van der Waals surface area contributed by atoms with Crippen LogP contribution in [0.1, 0.15) is 37.1 Å². The van der Waals surface area contributed by atoms with Gasteiger partial charge in [0.1, 0.15) is 5.76 Å². The topological polar surface area (TPSA) is 46.9 Å². The fourth-order valence-corrected chi connectivity index (χ4v) is 3.74. The standard InChI is InChI=1S/C20H27ClN2O3/c1-3-25-20-16(21)11-15(12-19(20)24-2)13-22-14-17(18-7-6-10-26-18)23-8-4-5-9-23/h6-7,10-12,17,22H,3-5,8-9,13-14H2,1-2H3. The van der Waals surface area contributed by atoms with Crippen LogP contribution in [-0.2, 0) is 6.54 Å². The lowest BCUT2D eigenvalue weighted by molar-refractivity contribution is 0.209. The van der Waals surface area contributed by atoms with Crippen molar-refractivity contribution in [3.8, 4) is 11.5 Å². The summed E-state index contributed by atoms with van der Waals surface area (Å²) in [7, 11) is 1.63. The average molecular weight is 379 g/mol. The summed E-state index contributed by atoms with van der Waals surface area (Å²) < 4.78 is 16.7. The monoisotopic (exact) mass is 378 g/mol. The number of nitrogens with zero attached hydrogens (tertiary/aromatic N) is 1. The first-order valence-electron chi connectivity index (χ1n) is 9.20. The predicted octanol–water partition coefficient (Wildman–Crippen LogP) is 4.27. The fourth-order valence-electron chi connectivity index (χ4n) is 3.46. The molecule has 2 heterocycles. The molecule has 0 spiro atoms. The van der Waals surface area contributed by atoms with Crippen LogP contribution < -0.4 is 14.8 Å². The van der Waals surface area contributed by atoms with E-state index in [2.05, 4.69) is 16.3 Å². The van der Waals surface area contributed by atoms with Crippen LogP contribution in [0.5, 0.6) is 11.5 Å². The molecule has 1 N–H and O–H groups in total. The highest BCUT2D eigenvalue weighted by molar-refractivity contribution is 6.32. The summed E-state index contributed by atoms with van der Waals surface area (Å²) in [5.74, 6) is 2.28. The first kappa shape index (κ1) is 19.1. The van der Waals surface area contributed by atoms with E-state index >= 15 is 0 Å². The van der Waals surface area contributed by atoms with Crippen molar-refractivity contribution in [1.29, 1.82) is 0 Å². The molecule has 1 aliphatic rings. The van der Waals surface area contributed by atoms with E-state index in [4.69, 9.17) is 25.5 Å². The molecule has 1 fully saturated rings. The van der Waals surface area contributed by atoms with Gasteiger partial charge in [0.25, 0.3) is 0 Å². The van der Waals surface area contributed by atoms with Gasteiger partial charge in [-0.05, 0) is 62.7 Å². The Morgan fingerprint density at radius 1 is 1.31 bits per heavy atom. The Morgan fingerprint density at radius 2 is 2.12 bits per heavy atom. The van der Waals surface area contributed by atoms with Gasteiger partial charge in [0.05, 0.1) is 31.0 Å². The van der Waals surface area contributed by atoms with Crippen LogP contribution in [0.3, 0.4) is 0 Å². The van der Waals surface area contributed by atoms with E-state index in [-0.39, 0.29) is 6.04 Å². The Kier molecular flexibility index (Phi) is 6.83. The number of benzene rings is 1. The zero-order chi connectivity index (χ0) is 18.4. The number of hydrogen-bond donors (Lipinski definition) is 1. The summed E-state index contributed by atoms with van der Waals surface area (Å²) in [6.45, 7) is 6.24. The molecule has 1 saturated heterocycles. The molecule has 0 saturated carbocycles. The lowest BCUT2D eigenvalue weighted by Gasteiger charge is -2.26. The summed E-state index contributed by atoms with van der Waals surface area (Å²) in [6, 6.07) is 8.17. The van der Waals surface area contributed by atoms with Crippen LogP contribution in [0.15, 0.2) is 34.9 Å². The van der Waals surface area contributed by atoms with Gasteiger partial charge >= 0.3 is 0 Å². The van der Waals surface area contributed by atoms with Crippen molar-refractivity contribution in [1.82, 2.24) is 10.2 Å². The molecule has 142 valence electrons. The summed E-state index contributed by atoms with van der Waals surface area (Å²) >= 11 is 6.36. The highest BCUT2D eigenvalue weighted by Gasteiger charge is 2.25. The van der Waals surface area contributed by atoms with Crippen molar-refractivity contribution in [3.63, 3.8) is 0 Å². The van der Waals surface area contributed by atoms with Crippen LogP contribution in [0.4, 0.5) is 0 Å². The summed E-state index contributed by atoms with van der Waals surface area (Å²) in [6.07, 6.45) is 4.25. The zero-order valence-corrected chi connectivity index (χ0v) is 16.2. The molecular formula is C20H27ClN2O3. The third-order valence-corrected chi connectivity index (χ3v) is 4.98. The number of furan rings is 1. The Balaban J connectivity index is 1.65. The van der Waals surface area contributed by atoms with Gasteiger partial charge in [0.2, 0.25) is 0 Å². The molecule has 1 unspecified atom stereocenters. The molecule has 1 aliphatic heterocycles. The minimum Gasteiger partial charge on any atom is -0.493 e. The Hall–Kier alpha value is -1.69. The smallest absolute Gasteiger partial charge is 0.179 e. The second kappa shape index (κ2) is 9.31. The van der Waals surface area contributed by atoms with Gasteiger partial charge in [0, 0.05) is 13.1 Å². The SMILES string of the molecule is CCOc1c(Cl)cc(CNCC(c2ccco2)N2CCCC2)cc1OC.